The lowest BCUT2D eigenvalue weighted by molar-refractivity contribution is 0.516. The van der Waals surface area contributed by atoms with Crippen LogP contribution in [0.4, 0.5) is 0 Å². The topological polar surface area (TPSA) is 24.9 Å². The van der Waals surface area contributed by atoms with Gasteiger partial charge in [-0.2, -0.15) is 0 Å². The predicted octanol–water partition coefficient (Wildman–Crippen LogP) is 2.02. The first-order chi connectivity index (χ1) is 7.36. The minimum absolute atomic E-state index is 0.374. The SMILES string of the molecule is C#CCC(Cc1cccnc1)NCCC. The van der Waals surface area contributed by atoms with Gasteiger partial charge in [0.25, 0.3) is 0 Å². The maximum Gasteiger partial charge on any atom is 0.0300 e. The Balaban J connectivity index is 2.47. The summed E-state index contributed by atoms with van der Waals surface area (Å²) in [6.07, 6.45) is 11.9. The molecule has 1 heterocycles. The first-order valence-corrected chi connectivity index (χ1v) is 5.42. The summed E-state index contributed by atoms with van der Waals surface area (Å²) in [5.41, 5.74) is 1.24. The monoisotopic (exact) mass is 202 g/mol. The van der Waals surface area contributed by atoms with Gasteiger partial charge in [0.15, 0.2) is 0 Å². The van der Waals surface area contributed by atoms with E-state index in [-0.39, 0.29) is 0 Å². The molecule has 0 aliphatic rings. The first-order valence-electron chi connectivity index (χ1n) is 5.42. The third kappa shape index (κ3) is 4.62. The smallest absolute Gasteiger partial charge is 0.0300 e. The Morgan fingerprint density at radius 2 is 2.47 bits per heavy atom. The molecule has 0 aromatic carbocycles. The molecule has 0 fully saturated rings. The van der Waals surface area contributed by atoms with Crippen molar-refractivity contribution in [3.8, 4) is 12.3 Å². The summed E-state index contributed by atoms with van der Waals surface area (Å²) >= 11 is 0. The molecule has 0 aliphatic carbocycles. The van der Waals surface area contributed by atoms with Crippen LogP contribution in [0.25, 0.3) is 0 Å². The highest BCUT2D eigenvalue weighted by Gasteiger charge is 2.06. The summed E-state index contributed by atoms with van der Waals surface area (Å²) in [4.78, 5) is 4.10. The van der Waals surface area contributed by atoms with Crippen molar-refractivity contribution in [3.63, 3.8) is 0 Å². The number of aromatic nitrogens is 1. The van der Waals surface area contributed by atoms with Crippen LogP contribution in [-0.4, -0.2) is 17.6 Å². The molecule has 0 radical (unpaired) electrons. The summed E-state index contributed by atoms with van der Waals surface area (Å²) < 4.78 is 0. The van der Waals surface area contributed by atoms with Crippen molar-refractivity contribution in [2.75, 3.05) is 6.54 Å². The fourth-order valence-electron chi connectivity index (χ4n) is 1.51. The van der Waals surface area contributed by atoms with E-state index >= 15 is 0 Å². The summed E-state index contributed by atoms with van der Waals surface area (Å²) in [5.74, 6) is 2.71. The molecule has 1 aromatic heterocycles. The lowest BCUT2D eigenvalue weighted by Gasteiger charge is -2.15. The zero-order chi connectivity index (χ0) is 10.9. The average molecular weight is 202 g/mol. The van der Waals surface area contributed by atoms with Gasteiger partial charge >= 0.3 is 0 Å². The largest absolute Gasteiger partial charge is 0.313 e. The van der Waals surface area contributed by atoms with Crippen LogP contribution in [0.15, 0.2) is 24.5 Å². The third-order valence-corrected chi connectivity index (χ3v) is 2.25. The van der Waals surface area contributed by atoms with E-state index in [1.807, 2.05) is 12.3 Å². The number of hydrogen-bond acceptors (Lipinski definition) is 2. The molecule has 0 saturated carbocycles. The van der Waals surface area contributed by atoms with Crippen LogP contribution in [0.5, 0.6) is 0 Å². The van der Waals surface area contributed by atoms with Gasteiger partial charge in [0, 0.05) is 24.9 Å². The van der Waals surface area contributed by atoms with Crippen molar-refractivity contribution in [1.82, 2.24) is 10.3 Å². The molecule has 2 heteroatoms. The number of nitrogens with zero attached hydrogens (tertiary/aromatic N) is 1. The molecule has 0 saturated heterocycles. The molecule has 0 bridgehead atoms. The van der Waals surface area contributed by atoms with Crippen molar-refractivity contribution in [3.05, 3.63) is 30.1 Å². The summed E-state index contributed by atoms with van der Waals surface area (Å²) in [6, 6.07) is 4.42. The van der Waals surface area contributed by atoms with Gasteiger partial charge in [-0.3, -0.25) is 4.98 Å². The van der Waals surface area contributed by atoms with Crippen molar-refractivity contribution in [2.24, 2.45) is 0 Å². The second kappa shape index (κ2) is 7.03. The van der Waals surface area contributed by atoms with E-state index in [0.29, 0.717) is 6.04 Å². The highest BCUT2D eigenvalue weighted by molar-refractivity contribution is 5.11. The van der Waals surface area contributed by atoms with Crippen LogP contribution < -0.4 is 5.32 Å². The van der Waals surface area contributed by atoms with E-state index in [9.17, 15) is 0 Å². The molecule has 0 aliphatic heterocycles. The van der Waals surface area contributed by atoms with Gasteiger partial charge in [-0.1, -0.05) is 13.0 Å². The Labute approximate surface area is 92.1 Å². The zero-order valence-electron chi connectivity index (χ0n) is 9.24. The highest BCUT2D eigenvalue weighted by Crippen LogP contribution is 2.03. The third-order valence-electron chi connectivity index (χ3n) is 2.25. The maximum atomic E-state index is 5.35. The lowest BCUT2D eigenvalue weighted by Crippen LogP contribution is -2.31. The highest BCUT2D eigenvalue weighted by atomic mass is 14.9. The Morgan fingerprint density at radius 1 is 1.60 bits per heavy atom. The maximum absolute atomic E-state index is 5.35. The molecule has 15 heavy (non-hydrogen) atoms. The van der Waals surface area contributed by atoms with E-state index in [0.717, 1.165) is 25.8 Å². The van der Waals surface area contributed by atoms with Crippen LogP contribution in [-0.2, 0) is 6.42 Å². The first kappa shape index (κ1) is 11.7. The fourth-order valence-corrected chi connectivity index (χ4v) is 1.51. The van der Waals surface area contributed by atoms with Crippen molar-refractivity contribution in [1.29, 1.82) is 0 Å². The van der Waals surface area contributed by atoms with Crippen molar-refractivity contribution < 1.29 is 0 Å². The molecule has 1 rings (SSSR count). The Kier molecular flexibility index (Phi) is 5.50. The molecule has 0 amide bonds. The molecule has 2 nitrogen and oxygen atoms in total. The van der Waals surface area contributed by atoms with Gasteiger partial charge in [0.2, 0.25) is 0 Å². The van der Waals surface area contributed by atoms with Gasteiger partial charge in [-0.05, 0) is 31.0 Å². The van der Waals surface area contributed by atoms with Gasteiger partial charge in [0.05, 0.1) is 0 Å². The van der Waals surface area contributed by atoms with Crippen molar-refractivity contribution in [2.45, 2.75) is 32.2 Å². The Morgan fingerprint density at radius 3 is 3.07 bits per heavy atom. The van der Waals surface area contributed by atoms with Crippen LogP contribution >= 0.6 is 0 Å². The molecular weight excluding hydrogens is 184 g/mol. The zero-order valence-corrected chi connectivity index (χ0v) is 9.24. The Hall–Kier alpha value is -1.33. The fraction of sp³-hybridized carbons (Fsp3) is 0.462. The van der Waals surface area contributed by atoms with E-state index in [4.69, 9.17) is 6.42 Å². The van der Waals surface area contributed by atoms with Gasteiger partial charge < -0.3 is 5.32 Å². The molecule has 0 spiro atoms. The quantitative estimate of drug-likeness (QED) is 0.714. The van der Waals surface area contributed by atoms with Crippen LogP contribution in [0, 0.1) is 12.3 Å². The van der Waals surface area contributed by atoms with Crippen LogP contribution in [0.3, 0.4) is 0 Å². The van der Waals surface area contributed by atoms with E-state index in [1.165, 1.54) is 5.56 Å². The summed E-state index contributed by atoms with van der Waals surface area (Å²) in [5, 5.41) is 3.45. The minimum Gasteiger partial charge on any atom is -0.313 e. The second-order valence-corrected chi connectivity index (χ2v) is 3.62. The number of pyridine rings is 1. The number of terminal acetylenes is 1. The molecule has 1 aromatic rings. The molecule has 1 N–H and O–H groups in total. The van der Waals surface area contributed by atoms with Crippen LogP contribution in [0.2, 0.25) is 0 Å². The number of hydrogen-bond donors (Lipinski definition) is 1. The standard InChI is InChI=1S/C13H18N2/c1-3-6-13(15-8-4-2)10-12-7-5-9-14-11-12/h1,5,7,9,11,13,15H,4,6,8,10H2,2H3. The van der Waals surface area contributed by atoms with E-state index in [2.05, 4.69) is 29.2 Å². The molecule has 1 unspecified atom stereocenters. The molecule has 1 atom stereocenters. The normalized spacial score (nSPS) is 12.0. The average Bonchev–Trinajstić information content (AvgIpc) is 2.28. The van der Waals surface area contributed by atoms with Crippen LogP contribution in [0.1, 0.15) is 25.3 Å². The van der Waals surface area contributed by atoms with E-state index in [1.54, 1.807) is 6.20 Å². The predicted molar refractivity (Wildman–Crippen MR) is 63.5 cm³/mol. The number of nitrogens with one attached hydrogen (secondary N) is 1. The lowest BCUT2D eigenvalue weighted by atomic mass is 10.1. The number of rotatable bonds is 6. The molecule has 80 valence electrons. The van der Waals surface area contributed by atoms with Gasteiger partial charge in [0.1, 0.15) is 0 Å². The van der Waals surface area contributed by atoms with Gasteiger partial charge in [-0.25, -0.2) is 0 Å². The Bertz CT molecular complexity index is 300. The van der Waals surface area contributed by atoms with E-state index < -0.39 is 0 Å². The summed E-state index contributed by atoms with van der Waals surface area (Å²) in [6.45, 7) is 3.18. The summed E-state index contributed by atoms with van der Waals surface area (Å²) in [7, 11) is 0. The molecular formula is C13H18N2. The van der Waals surface area contributed by atoms with Gasteiger partial charge in [-0.15, -0.1) is 12.3 Å². The minimum atomic E-state index is 0.374. The second-order valence-electron chi connectivity index (χ2n) is 3.62. The van der Waals surface area contributed by atoms with Crippen molar-refractivity contribution >= 4 is 0 Å².